The van der Waals surface area contributed by atoms with Crippen LogP contribution >= 0.6 is 0 Å². The van der Waals surface area contributed by atoms with Crippen LogP contribution in [0.1, 0.15) is 16.1 Å². The lowest BCUT2D eigenvalue weighted by Gasteiger charge is -2.08. The molecule has 160 valence electrons. The summed E-state index contributed by atoms with van der Waals surface area (Å²) < 4.78 is 15.8. The van der Waals surface area contributed by atoms with E-state index in [1.54, 1.807) is 55.6 Å². The van der Waals surface area contributed by atoms with Crippen molar-refractivity contribution in [1.29, 1.82) is 0 Å². The van der Waals surface area contributed by atoms with E-state index in [2.05, 4.69) is 20.7 Å². The number of hydrazone groups is 1. The summed E-state index contributed by atoms with van der Waals surface area (Å²) >= 11 is 0. The zero-order valence-electron chi connectivity index (χ0n) is 16.8. The summed E-state index contributed by atoms with van der Waals surface area (Å²) in [5, 5.41) is 19.5. The predicted octanol–water partition coefficient (Wildman–Crippen LogP) is 2.32. The molecule has 0 atom stereocenters. The number of nitrogens with zero attached hydrogens (tertiary/aromatic N) is 2. The second kappa shape index (κ2) is 9.92. The van der Waals surface area contributed by atoms with Gasteiger partial charge in [0.15, 0.2) is 6.61 Å². The summed E-state index contributed by atoms with van der Waals surface area (Å²) in [6.07, 6.45) is 1.36. The molecular formula is C21H20N4O6. The number of H-pyrrole nitrogens is 1. The Morgan fingerprint density at radius 1 is 1.13 bits per heavy atom. The van der Waals surface area contributed by atoms with Crippen molar-refractivity contribution in [1.82, 2.24) is 15.6 Å². The number of carboxylic acid groups (broad SMARTS) is 1. The summed E-state index contributed by atoms with van der Waals surface area (Å²) in [4.78, 5) is 23.1. The fourth-order valence-electron chi connectivity index (χ4n) is 2.67. The standard InChI is InChI=1S/C21H20N4O6/c1-29-14-7-8-19(30-2)15(9-14)16-10-17(24-23-16)21(28)25-22-11-13-5-3-4-6-18(13)31-12-20(26)27/h3-11H,12H2,1-2H3,(H,23,24)(H,25,28)(H,26,27). The monoisotopic (exact) mass is 424 g/mol. The van der Waals surface area contributed by atoms with Gasteiger partial charge in [0.2, 0.25) is 0 Å². The van der Waals surface area contributed by atoms with Gasteiger partial charge >= 0.3 is 5.97 Å². The number of ether oxygens (including phenoxy) is 3. The first-order valence-electron chi connectivity index (χ1n) is 9.06. The first kappa shape index (κ1) is 21.4. The molecule has 0 fully saturated rings. The molecule has 31 heavy (non-hydrogen) atoms. The molecule has 0 unspecified atom stereocenters. The van der Waals surface area contributed by atoms with Crippen molar-refractivity contribution in [3.8, 4) is 28.5 Å². The third-order valence-corrected chi connectivity index (χ3v) is 4.14. The van der Waals surface area contributed by atoms with Crippen molar-refractivity contribution in [2.45, 2.75) is 0 Å². The van der Waals surface area contributed by atoms with Crippen LogP contribution in [-0.4, -0.2) is 54.2 Å². The minimum absolute atomic E-state index is 0.187. The molecule has 0 radical (unpaired) electrons. The van der Waals surface area contributed by atoms with E-state index in [0.717, 1.165) is 0 Å². The fourth-order valence-corrected chi connectivity index (χ4v) is 2.67. The topological polar surface area (TPSA) is 135 Å². The molecule has 0 aliphatic heterocycles. The van der Waals surface area contributed by atoms with E-state index in [1.807, 2.05) is 0 Å². The number of carboxylic acids is 1. The number of aromatic amines is 1. The number of nitrogens with one attached hydrogen (secondary N) is 2. The number of amides is 1. The van der Waals surface area contributed by atoms with Gasteiger partial charge in [0.05, 0.1) is 26.1 Å². The van der Waals surface area contributed by atoms with Gasteiger partial charge in [-0.3, -0.25) is 9.89 Å². The Hall–Kier alpha value is -4.34. The highest BCUT2D eigenvalue weighted by Gasteiger charge is 2.14. The Morgan fingerprint density at radius 2 is 1.94 bits per heavy atom. The molecule has 0 bridgehead atoms. The molecule has 1 amide bonds. The van der Waals surface area contributed by atoms with Crippen LogP contribution in [0.3, 0.4) is 0 Å². The number of aliphatic carboxylic acids is 1. The molecule has 3 N–H and O–H groups in total. The van der Waals surface area contributed by atoms with Crippen molar-refractivity contribution in [2.75, 3.05) is 20.8 Å². The minimum atomic E-state index is -1.09. The highest BCUT2D eigenvalue weighted by Crippen LogP contribution is 2.32. The summed E-state index contributed by atoms with van der Waals surface area (Å²) in [6, 6.07) is 13.5. The summed E-state index contributed by atoms with van der Waals surface area (Å²) in [7, 11) is 3.09. The van der Waals surface area contributed by atoms with Gasteiger partial charge in [-0.15, -0.1) is 0 Å². The van der Waals surface area contributed by atoms with Gasteiger partial charge in [-0.05, 0) is 36.4 Å². The first-order valence-corrected chi connectivity index (χ1v) is 9.06. The summed E-state index contributed by atoms with van der Waals surface area (Å²) in [6.45, 7) is -0.484. The molecule has 3 rings (SSSR count). The lowest BCUT2D eigenvalue weighted by Crippen LogP contribution is -2.18. The second-order valence-corrected chi connectivity index (χ2v) is 6.15. The number of hydrogen-bond donors (Lipinski definition) is 3. The van der Waals surface area contributed by atoms with Crippen LogP contribution < -0.4 is 19.6 Å². The number of carbonyl (C=O) groups excluding carboxylic acids is 1. The molecule has 0 saturated heterocycles. The lowest BCUT2D eigenvalue weighted by molar-refractivity contribution is -0.139. The molecule has 0 spiro atoms. The minimum Gasteiger partial charge on any atom is -0.497 e. The Morgan fingerprint density at radius 3 is 2.68 bits per heavy atom. The van der Waals surface area contributed by atoms with Crippen molar-refractivity contribution >= 4 is 18.1 Å². The van der Waals surface area contributed by atoms with Crippen LogP contribution in [0.2, 0.25) is 0 Å². The first-order chi connectivity index (χ1) is 15.0. The molecule has 1 aromatic heterocycles. The molecule has 0 saturated carbocycles. The zero-order valence-corrected chi connectivity index (χ0v) is 16.8. The maximum Gasteiger partial charge on any atom is 0.341 e. The predicted molar refractivity (Wildman–Crippen MR) is 112 cm³/mol. The van der Waals surface area contributed by atoms with Gasteiger partial charge in [-0.25, -0.2) is 10.2 Å². The van der Waals surface area contributed by atoms with Crippen molar-refractivity contribution in [2.24, 2.45) is 5.10 Å². The molecule has 10 heteroatoms. The molecule has 2 aromatic carbocycles. The molecule has 1 heterocycles. The summed E-state index contributed by atoms with van der Waals surface area (Å²) in [5.74, 6) is -0.0752. The number of hydrogen-bond acceptors (Lipinski definition) is 7. The van der Waals surface area contributed by atoms with Gasteiger partial charge < -0.3 is 19.3 Å². The van der Waals surface area contributed by atoms with Crippen LogP contribution in [0.5, 0.6) is 17.2 Å². The lowest BCUT2D eigenvalue weighted by atomic mass is 10.1. The van der Waals surface area contributed by atoms with E-state index < -0.39 is 18.5 Å². The fraction of sp³-hybridized carbons (Fsp3) is 0.143. The van der Waals surface area contributed by atoms with Gasteiger partial charge in [-0.1, -0.05) is 12.1 Å². The van der Waals surface area contributed by atoms with E-state index in [9.17, 15) is 9.59 Å². The molecule has 0 aliphatic rings. The van der Waals surface area contributed by atoms with E-state index in [0.29, 0.717) is 34.1 Å². The largest absolute Gasteiger partial charge is 0.497 e. The quantitative estimate of drug-likeness (QED) is 0.354. The van der Waals surface area contributed by atoms with Crippen LogP contribution in [0.15, 0.2) is 53.6 Å². The van der Waals surface area contributed by atoms with Crippen molar-refractivity contribution < 1.29 is 28.9 Å². The Balaban J connectivity index is 1.71. The van der Waals surface area contributed by atoms with Gasteiger partial charge in [0, 0.05) is 11.1 Å². The molecule has 10 nitrogen and oxygen atoms in total. The van der Waals surface area contributed by atoms with Gasteiger partial charge in [0.25, 0.3) is 5.91 Å². The van der Waals surface area contributed by atoms with E-state index >= 15 is 0 Å². The third-order valence-electron chi connectivity index (χ3n) is 4.14. The normalized spacial score (nSPS) is 10.6. The molecule has 3 aromatic rings. The Labute approximate surface area is 177 Å². The Bertz CT molecular complexity index is 1110. The zero-order chi connectivity index (χ0) is 22.2. The number of carbonyl (C=O) groups is 2. The third kappa shape index (κ3) is 5.38. The van der Waals surface area contributed by atoms with Crippen LogP contribution in [0, 0.1) is 0 Å². The number of methoxy groups -OCH3 is 2. The van der Waals surface area contributed by atoms with Crippen molar-refractivity contribution in [3.63, 3.8) is 0 Å². The van der Waals surface area contributed by atoms with Gasteiger partial charge in [-0.2, -0.15) is 10.2 Å². The molecular weight excluding hydrogens is 404 g/mol. The highest BCUT2D eigenvalue weighted by atomic mass is 16.5. The number of aromatic nitrogens is 2. The van der Waals surface area contributed by atoms with E-state index in [1.165, 1.54) is 13.3 Å². The number of para-hydroxylation sites is 1. The van der Waals surface area contributed by atoms with Crippen LogP contribution in [-0.2, 0) is 4.79 Å². The van der Waals surface area contributed by atoms with E-state index in [-0.39, 0.29) is 5.69 Å². The van der Waals surface area contributed by atoms with Crippen LogP contribution in [0.4, 0.5) is 0 Å². The van der Waals surface area contributed by atoms with Crippen LogP contribution in [0.25, 0.3) is 11.3 Å². The van der Waals surface area contributed by atoms with Gasteiger partial charge in [0.1, 0.15) is 22.9 Å². The summed E-state index contributed by atoms with van der Waals surface area (Å²) in [5.41, 5.74) is 4.24. The van der Waals surface area contributed by atoms with Crippen molar-refractivity contribution in [3.05, 3.63) is 59.8 Å². The Kier molecular flexibility index (Phi) is 6.84. The smallest absolute Gasteiger partial charge is 0.341 e. The number of benzene rings is 2. The highest BCUT2D eigenvalue weighted by molar-refractivity contribution is 5.94. The second-order valence-electron chi connectivity index (χ2n) is 6.15. The maximum atomic E-state index is 12.4. The van der Waals surface area contributed by atoms with E-state index in [4.69, 9.17) is 19.3 Å². The SMILES string of the molecule is COc1ccc(OC)c(-c2cc(C(=O)NN=Cc3ccccc3OCC(=O)O)[nH]n2)c1. The molecule has 0 aliphatic carbocycles. The maximum absolute atomic E-state index is 12.4. The average Bonchev–Trinajstić information content (AvgIpc) is 3.28. The number of rotatable bonds is 9. The average molecular weight is 424 g/mol.